The van der Waals surface area contributed by atoms with E-state index in [2.05, 4.69) is 14.8 Å². The molecular formula is C31H38F3N5O3. The van der Waals surface area contributed by atoms with E-state index in [0.717, 1.165) is 16.5 Å². The number of halogens is 3. The summed E-state index contributed by atoms with van der Waals surface area (Å²) < 4.78 is 48.8. The summed E-state index contributed by atoms with van der Waals surface area (Å²) in [5.41, 5.74) is 1.98. The van der Waals surface area contributed by atoms with Gasteiger partial charge in [-0.15, -0.1) is 0 Å². The van der Waals surface area contributed by atoms with Crippen molar-refractivity contribution >= 4 is 22.7 Å². The SMILES string of the molecule is O=C(CN1CCN(C(=O)c2[nH]c3ccccc3c2CN2CCC(C3=C(F)C=CCC3(F)F)CC2)CC1)N1CCOCC1. The summed E-state index contributed by atoms with van der Waals surface area (Å²) in [6.07, 6.45) is 2.82. The number of carbonyl (C=O) groups is 2. The minimum absolute atomic E-state index is 0.0731. The van der Waals surface area contributed by atoms with Gasteiger partial charge in [0.1, 0.15) is 11.5 Å². The van der Waals surface area contributed by atoms with E-state index in [1.165, 1.54) is 12.2 Å². The number of aromatic nitrogens is 1. The molecule has 1 N–H and O–H groups in total. The highest BCUT2D eigenvalue weighted by atomic mass is 19.3. The summed E-state index contributed by atoms with van der Waals surface area (Å²) in [4.78, 5) is 37.8. The summed E-state index contributed by atoms with van der Waals surface area (Å²) >= 11 is 0. The Balaban J connectivity index is 1.10. The van der Waals surface area contributed by atoms with Gasteiger partial charge in [-0.3, -0.25) is 19.4 Å². The molecule has 3 fully saturated rings. The Morgan fingerprint density at radius 2 is 1.64 bits per heavy atom. The van der Waals surface area contributed by atoms with Crippen molar-refractivity contribution in [2.24, 2.45) is 5.92 Å². The molecule has 0 unspecified atom stereocenters. The molecule has 0 saturated carbocycles. The molecule has 3 saturated heterocycles. The maximum absolute atomic E-state index is 14.5. The summed E-state index contributed by atoms with van der Waals surface area (Å²) in [6.45, 7) is 6.63. The van der Waals surface area contributed by atoms with Crippen molar-refractivity contribution in [2.45, 2.75) is 31.7 Å². The second-order valence-electron chi connectivity index (χ2n) is 11.7. The molecule has 2 aromatic rings. The van der Waals surface area contributed by atoms with Crippen LogP contribution in [0.4, 0.5) is 13.2 Å². The van der Waals surface area contributed by atoms with E-state index < -0.39 is 24.1 Å². The number of rotatable bonds is 6. The van der Waals surface area contributed by atoms with E-state index in [-0.39, 0.29) is 17.4 Å². The lowest BCUT2D eigenvalue weighted by Gasteiger charge is -2.37. The molecule has 42 heavy (non-hydrogen) atoms. The molecule has 1 aliphatic carbocycles. The van der Waals surface area contributed by atoms with E-state index in [1.807, 2.05) is 34.1 Å². The average molecular weight is 586 g/mol. The molecule has 6 rings (SSSR count). The van der Waals surface area contributed by atoms with Gasteiger partial charge in [-0.2, -0.15) is 0 Å². The number of alkyl halides is 2. The molecule has 0 spiro atoms. The number of hydrogen-bond acceptors (Lipinski definition) is 5. The van der Waals surface area contributed by atoms with Gasteiger partial charge in [0.2, 0.25) is 5.91 Å². The van der Waals surface area contributed by atoms with Crippen molar-refractivity contribution in [1.29, 1.82) is 0 Å². The molecule has 2 amide bonds. The summed E-state index contributed by atoms with van der Waals surface area (Å²) in [5.74, 6) is -4.39. The third-order valence-corrected chi connectivity index (χ3v) is 9.08. The largest absolute Gasteiger partial charge is 0.378 e. The Morgan fingerprint density at radius 1 is 0.929 bits per heavy atom. The van der Waals surface area contributed by atoms with Crippen molar-refractivity contribution in [1.82, 2.24) is 24.6 Å². The van der Waals surface area contributed by atoms with Crippen LogP contribution < -0.4 is 0 Å². The molecule has 3 aliphatic heterocycles. The number of aromatic amines is 1. The third-order valence-electron chi connectivity index (χ3n) is 9.08. The van der Waals surface area contributed by atoms with Crippen LogP contribution in [0.1, 0.15) is 35.3 Å². The maximum atomic E-state index is 14.5. The molecule has 4 heterocycles. The van der Waals surface area contributed by atoms with Crippen LogP contribution in [0.3, 0.4) is 0 Å². The minimum Gasteiger partial charge on any atom is -0.378 e. The van der Waals surface area contributed by atoms with Crippen LogP contribution >= 0.6 is 0 Å². The molecule has 8 nitrogen and oxygen atoms in total. The number of H-pyrrole nitrogens is 1. The number of allylic oxidation sites excluding steroid dienone is 4. The number of nitrogens with one attached hydrogen (secondary N) is 1. The summed E-state index contributed by atoms with van der Waals surface area (Å²) in [5, 5.41) is 0.968. The van der Waals surface area contributed by atoms with Gasteiger partial charge in [0, 0.05) is 74.3 Å². The first-order valence-electron chi connectivity index (χ1n) is 14.9. The van der Waals surface area contributed by atoms with Crippen molar-refractivity contribution in [2.75, 3.05) is 72.1 Å². The van der Waals surface area contributed by atoms with Gasteiger partial charge in [0.15, 0.2) is 0 Å². The zero-order chi connectivity index (χ0) is 29.3. The number of piperidine rings is 1. The van der Waals surface area contributed by atoms with Crippen LogP contribution in [0.2, 0.25) is 0 Å². The lowest BCUT2D eigenvalue weighted by atomic mass is 9.82. The highest BCUT2D eigenvalue weighted by Crippen LogP contribution is 2.43. The number of para-hydroxylation sites is 1. The van der Waals surface area contributed by atoms with Gasteiger partial charge < -0.3 is 19.5 Å². The molecule has 0 bridgehead atoms. The number of carbonyl (C=O) groups excluding carboxylic acids is 2. The maximum Gasteiger partial charge on any atom is 0.276 e. The van der Waals surface area contributed by atoms with Crippen LogP contribution in [0.5, 0.6) is 0 Å². The van der Waals surface area contributed by atoms with Crippen molar-refractivity contribution in [3.05, 3.63) is 59.1 Å². The fourth-order valence-corrected chi connectivity index (χ4v) is 6.70. The Labute approximate surface area is 243 Å². The first kappa shape index (κ1) is 28.9. The molecule has 11 heteroatoms. The fraction of sp³-hybridized carbons (Fsp3) is 0.548. The second-order valence-corrected chi connectivity index (χ2v) is 11.7. The predicted molar refractivity (Wildman–Crippen MR) is 153 cm³/mol. The number of benzene rings is 1. The highest BCUT2D eigenvalue weighted by molar-refractivity contribution is 6.01. The number of morpholine rings is 1. The van der Waals surface area contributed by atoms with Crippen molar-refractivity contribution in [3.8, 4) is 0 Å². The first-order valence-corrected chi connectivity index (χ1v) is 14.9. The second kappa shape index (κ2) is 12.2. The van der Waals surface area contributed by atoms with Gasteiger partial charge in [-0.25, -0.2) is 13.2 Å². The monoisotopic (exact) mass is 585 g/mol. The number of amides is 2. The lowest BCUT2D eigenvalue weighted by Crippen LogP contribution is -2.52. The Hall–Kier alpha value is -3.15. The Morgan fingerprint density at radius 3 is 2.36 bits per heavy atom. The molecule has 226 valence electrons. The topological polar surface area (TPSA) is 72.1 Å². The quantitative estimate of drug-likeness (QED) is 0.559. The van der Waals surface area contributed by atoms with Crippen LogP contribution in [-0.2, 0) is 16.1 Å². The van der Waals surface area contributed by atoms with Gasteiger partial charge >= 0.3 is 0 Å². The molecule has 1 aromatic carbocycles. The molecule has 0 radical (unpaired) electrons. The van der Waals surface area contributed by atoms with E-state index >= 15 is 0 Å². The van der Waals surface area contributed by atoms with Crippen molar-refractivity contribution in [3.63, 3.8) is 0 Å². The minimum atomic E-state index is -3.14. The van der Waals surface area contributed by atoms with Crippen LogP contribution in [-0.4, -0.2) is 114 Å². The summed E-state index contributed by atoms with van der Waals surface area (Å²) in [6, 6.07) is 7.81. The first-order chi connectivity index (χ1) is 20.3. The highest BCUT2D eigenvalue weighted by Gasteiger charge is 2.42. The van der Waals surface area contributed by atoms with Crippen LogP contribution in [0, 0.1) is 5.92 Å². The fourth-order valence-electron chi connectivity index (χ4n) is 6.70. The average Bonchev–Trinajstić information content (AvgIpc) is 3.36. The lowest BCUT2D eigenvalue weighted by molar-refractivity contribution is -0.136. The molecule has 1 aromatic heterocycles. The smallest absolute Gasteiger partial charge is 0.276 e. The number of hydrogen-bond donors (Lipinski definition) is 1. The number of nitrogens with zero attached hydrogens (tertiary/aromatic N) is 4. The zero-order valence-electron chi connectivity index (χ0n) is 23.8. The number of likely N-dealkylation sites (tertiary alicyclic amines) is 1. The Kier molecular flexibility index (Phi) is 8.42. The van der Waals surface area contributed by atoms with Crippen molar-refractivity contribution < 1.29 is 27.5 Å². The number of piperazine rings is 1. The van der Waals surface area contributed by atoms with E-state index in [9.17, 15) is 22.8 Å². The Bertz CT molecular complexity index is 1370. The van der Waals surface area contributed by atoms with Crippen LogP contribution in [0.25, 0.3) is 10.9 Å². The van der Waals surface area contributed by atoms with E-state index in [1.54, 1.807) is 0 Å². The summed E-state index contributed by atoms with van der Waals surface area (Å²) in [7, 11) is 0. The van der Waals surface area contributed by atoms with Crippen LogP contribution in [0.15, 0.2) is 47.8 Å². The molecular weight excluding hydrogens is 547 g/mol. The van der Waals surface area contributed by atoms with Gasteiger partial charge in [-0.1, -0.05) is 24.3 Å². The third kappa shape index (κ3) is 6.00. The normalized spacial score (nSPS) is 22.7. The van der Waals surface area contributed by atoms with E-state index in [4.69, 9.17) is 4.74 Å². The predicted octanol–water partition coefficient (Wildman–Crippen LogP) is 3.82. The molecule has 0 atom stereocenters. The van der Waals surface area contributed by atoms with Gasteiger partial charge in [0.05, 0.1) is 19.8 Å². The zero-order valence-corrected chi connectivity index (χ0v) is 23.8. The van der Waals surface area contributed by atoms with Gasteiger partial charge in [0.25, 0.3) is 11.8 Å². The van der Waals surface area contributed by atoms with Gasteiger partial charge in [-0.05, 0) is 44.0 Å². The van der Waals surface area contributed by atoms with E-state index in [0.29, 0.717) is 97.2 Å². The standard InChI is InChI=1S/C31H38F3N5O3/c32-25-5-3-9-31(33,34)28(25)22-7-10-36(11-8-22)20-24-23-4-1-2-6-26(23)35-29(24)30(41)39-14-12-37(13-15-39)21-27(40)38-16-18-42-19-17-38/h1-6,22,35H,7-21H2. The number of fused-ring (bicyclic) bond motifs is 1. The molecule has 4 aliphatic rings. The number of ether oxygens (including phenoxy) is 1.